The van der Waals surface area contributed by atoms with Crippen LogP contribution in [0.3, 0.4) is 0 Å². The van der Waals surface area contributed by atoms with E-state index in [1.54, 1.807) is 6.92 Å². The van der Waals surface area contributed by atoms with Gasteiger partial charge in [0.2, 0.25) is 0 Å². The van der Waals surface area contributed by atoms with E-state index < -0.39 is 5.54 Å². The molecular weight excluding hydrogens is 230 g/mol. The molecule has 0 amide bonds. The van der Waals surface area contributed by atoms with E-state index in [0.717, 1.165) is 11.3 Å². The van der Waals surface area contributed by atoms with Gasteiger partial charge in [0.15, 0.2) is 0 Å². The summed E-state index contributed by atoms with van der Waals surface area (Å²) in [6.07, 6.45) is 0. The quantitative estimate of drug-likeness (QED) is 0.785. The minimum absolute atomic E-state index is 0.233. The fourth-order valence-electron chi connectivity index (χ4n) is 1.73. The van der Waals surface area contributed by atoms with Crippen molar-refractivity contribution < 1.29 is 14.3 Å². The molecule has 0 radical (unpaired) electrons. The Bertz CT molecular complexity index is 406. The van der Waals surface area contributed by atoms with Crippen molar-refractivity contribution in [2.45, 2.75) is 26.3 Å². The first-order chi connectivity index (χ1) is 8.51. The number of ether oxygens (including phenoxy) is 2. The molecule has 0 aliphatic heterocycles. The molecule has 0 aliphatic carbocycles. The molecule has 4 heteroatoms. The van der Waals surface area contributed by atoms with Crippen molar-refractivity contribution in [1.29, 1.82) is 0 Å². The number of benzene rings is 1. The molecule has 0 saturated heterocycles. The topological polar surface area (TPSA) is 47.6 Å². The van der Waals surface area contributed by atoms with Gasteiger partial charge in [0.05, 0.1) is 7.11 Å². The second-order valence-corrected chi connectivity index (χ2v) is 4.46. The average Bonchev–Trinajstić information content (AvgIpc) is 2.36. The first-order valence-corrected chi connectivity index (χ1v) is 6.04. The maximum Gasteiger partial charge on any atom is 0.329 e. The van der Waals surface area contributed by atoms with Crippen molar-refractivity contribution in [3.05, 3.63) is 29.8 Å². The van der Waals surface area contributed by atoms with E-state index >= 15 is 0 Å². The van der Waals surface area contributed by atoms with Crippen LogP contribution in [-0.2, 0) is 9.53 Å². The van der Waals surface area contributed by atoms with Crippen LogP contribution in [0.2, 0.25) is 0 Å². The van der Waals surface area contributed by atoms with Gasteiger partial charge in [-0.25, -0.2) is 4.79 Å². The molecule has 1 N–H and O–H groups in total. The van der Waals surface area contributed by atoms with Crippen molar-refractivity contribution in [2.24, 2.45) is 0 Å². The molecule has 0 aromatic heterocycles. The Morgan fingerprint density at radius 1 is 1.44 bits per heavy atom. The highest BCUT2D eigenvalue weighted by Gasteiger charge is 2.34. The molecule has 0 bridgehead atoms. The Labute approximate surface area is 108 Å². The lowest BCUT2D eigenvalue weighted by Crippen LogP contribution is -2.54. The van der Waals surface area contributed by atoms with Crippen LogP contribution in [-0.4, -0.2) is 31.8 Å². The van der Waals surface area contributed by atoms with Crippen molar-refractivity contribution in [3.63, 3.8) is 0 Å². The summed E-state index contributed by atoms with van der Waals surface area (Å²) < 4.78 is 10.5. The minimum Gasteiger partial charge on any atom is -0.491 e. The zero-order chi connectivity index (χ0) is 13.6. The van der Waals surface area contributed by atoms with Crippen LogP contribution in [0.4, 0.5) is 0 Å². The molecule has 1 aromatic carbocycles. The number of likely N-dealkylation sites (N-methyl/N-ethyl adjacent to an activating group) is 1. The molecule has 1 rings (SSSR count). The molecule has 4 nitrogen and oxygen atoms in total. The molecule has 0 saturated carbocycles. The largest absolute Gasteiger partial charge is 0.491 e. The maximum absolute atomic E-state index is 11.7. The lowest BCUT2D eigenvalue weighted by atomic mass is 10.0. The van der Waals surface area contributed by atoms with Crippen LogP contribution in [0.5, 0.6) is 5.75 Å². The van der Waals surface area contributed by atoms with Gasteiger partial charge in [-0.1, -0.05) is 19.1 Å². The second-order valence-electron chi connectivity index (χ2n) is 4.46. The fourth-order valence-corrected chi connectivity index (χ4v) is 1.73. The molecule has 1 atom stereocenters. The number of carbonyl (C=O) groups excluding carboxylic acids is 1. The normalized spacial score (nSPS) is 13.8. The Balaban J connectivity index is 2.70. The summed E-state index contributed by atoms with van der Waals surface area (Å²) in [4.78, 5) is 11.7. The Hall–Kier alpha value is -1.55. The highest BCUT2D eigenvalue weighted by Crippen LogP contribution is 2.15. The third-order valence-corrected chi connectivity index (χ3v) is 2.72. The highest BCUT2D eigenvalue weighted by atomic mass is 16.5. The zero-order valence-corrected chi connectivity index (χ0v) is 11.4. The van der Waals surface area contributed by atoms with Crippen molar-refractivity contribution in [1.82, 2.24) is 5.32 Å². The third kappa shape index (κ3) is 3.74. The lowest BCUT2D eigenvalue weighted by molar-refractivity contribution is -0.149. The molecule has 18 heavy (non-hydrogen) atoms. The Kier molecular flexibility index (Phi) is 5.16. The Morgan fingerprint density at radius 2 is 2.17 bits per heavy atom. The van der Waals surface area contributed by atoms with Crippen LogP contribution in [0, 0.1) is 6.92 Å². The van der Waals surface area contributed by atoms with Gasteiger partial charge in [-0.3, -0.25) is 5.32 Å². The van der Waals surface area contributed by atoms with Crippen LogP contribution in [0.1, 0.15) is 19.4 Å². The van der Waals surface area contributed by atoms with Crippen LogP contribution >= 0.6 is 0 Å². The van der Waals surface area contributed by atoms with Gasteiger partial charge < -0.3 is 9.47 Å². The van der Waals surface area contributed by atoms with Gasteiger partial charge in [-0.05, 0) is 38.1 Å². The van der Waals surface area contributed by atoms with Crippen molar-refractivity contribution >= 4 is 5.97 Å². The van der Waals surface area contributed by atoms with E-state index in [2.05, 4.69) is 5.32 Å². The van der Waals surface area contributed by atoms with E-state index in [1.807, 2.05) is 38.1 Å². The summed E-state index contributed by atoms with van der Waals surface area (Å²) in [6.45, 7) is 6.61. The summed E-state index contributed by atoms with van der Waals surface area (Å²) in [5, 5.41) is 3.10. The molecule has 0 fully saturated rings. The van der Waals surface area contributed by atoms with Crippen LogP contribution in [0.15, 0.2) is 24.3 Å². The maximum atomic E-state index is 11.7. The zero-order valence-electron chi connectivity index (χ0n) is 11.4. The number of aryl methyl sites for hydroxylation is 1. The van der Waals surface area contributed by atoms with E-state index in [4.69, 9.17) is 9.47 Å². The molecular formula is C14H21NO3. The van der Waals surface area contributed by atoms with Crippen LogP contribution in [0.25, 0.3) is 0 Å². The molecule has 1 unspecified atom stereocenters. The van der Waals surface area contributed by atoms with E-state index in [1.165, 1.54) is 7.11 Å². The number of esters is 1. The average molecular weight is 251 g/mol. The SMILES string of the molecule is CCNC(C)(COc1cccc(C)c1)C(=O)OC. The number of hydrogen-bond acceptors (Lipinski definition) is 4. The van der Waals surface area contributed by atoms with Gasteiger partial charge in [0, 0.05) is 0 Å². The van der Waals surface area contributed by atoms with Gasteiger partial charge >= 0.3 is 5.97 Å². The summed E-state index contributed by atoms with van der Waals surface area (Å²) in [5.41, 5.74) is 0.295. The summed E-state index contributed by atoms with van der Waals surface area (Å²) in [7, 11) is 1.38. The number of methoxy groups -OCH3 is 1. The number of rotatable bonds is 6. The van der Waals surface area contributed by atoms with E-state index in [-0.39, 0.29) is 12.6 Å². The van der Waals surface area contributed by atoms with Gasteiger partial charge in [-0.15, -0.1) is 0 Å². The Morgan fingerprint density at radius 3 is 2.72 bits per heavy atom. The number of hydrogen-bond donors (Lipinski definition) is 1. The van der Waals surface area contributed by atoms with Gasteiger partial charge in [-0.2, -0.15) is 0 Å². The van der Waals surface area contributed by atoms with Gasteiger partial charge in [0.25, 0.3) is 0 Å². The summed E-state index contributed by atoms with van der Waals surface area (Å²) in [5.74, 6) is 0.431. The minimum atomic E-state index is -0.826. The monoisotopic (exact) mass is 251 g/mol. The van der Waals surface area contributed by atoms with E-state index in [0.29, 0.717) is 6.54 Å². The fraction of sp³-hybridized carbons (Fsp3) is 0.500. The molecule has 1 aromatic rings. The number of carbonyl (C=O) groups is 1. The van der Waals surface area contributed by atoms with Crippen molar-refractivity contribution in [2.75, 3.05) is 20.3 Å². The predicted molar refractivity (Wildman–Crippen MR) is 70.8 cm³/mol. The summed E-state index contributed by atoms with van der Waals surface area (Å²) in [6, 6.07) is 7.73. The van der Waals surface area contributed by atoms with Crippen molar-refractivity contribution in [3.8, 4) is 5.75 Å². The lowest BCUT2D eigenvalue weighted by Gasteiger charge is -2.27. The van der Waals surface area contributed by atoms with Crippen LogP contribution < -0.4 is 10.1 Å². The standard InChI is InChI=1S/C14H21NO3/c1-5-15-14(3,13(16)17-4)10-18-12-8-6-7-11(2)9-12/h6-9,15H,5,10H2,1-4H3. The molecule has 0 spiro atoms. The third-order valence-electron chi connectivity index (χ3n) is 2.72. The summed E-state index contributed by atoms with van der Waals surface area (Å²) >= 11 is 0. The molecule has 0 heterocycles. The second kappa shape index (κ2) is 6.40. The molecule has 0 aliphatic rings. The first kappa shape index (κ1) is 14.5. The first-order valence-electron chi connectivity index (χ1n) is 6.04. The molecule has 100 valence electrons. The highest BCUT2D eigenvalue weighted by molar-refractivity contribution is 5.80. The number of nitrogens with one attached hydrogen (secondary N) is 1. The predicted octanol–water partition coefficient (Wildman–Crippen LogP) is 1.92. The van der Waals surface area contributed by atoms with Gasteiger partial charge in [0.1, 0.15) is 17.9 Å². The van der Waals surface area contributed by atoms with E-state index in [9.17, 15) is 4.79 Å². The smallest absolute Gasteiger partial charge is 0.329 e.